The molecule has 1 N–H and O–H groups in total. The number of nitrogens with zero attached hydrogens (tertiary/aromatic N) is 1. The summed E-state index contributed by atoms with van der Waals surface area (Å²) in [6.07, 6.45) is -4.06. The number of hydrogen-bond acceptors (Lipinski definition) is 5. The number of alkyl halides is 3. The van der Waals surface area contributed by atoms with Gasteiger partial charge in [-0.15, -0.1) is 0 Å². The minimum atomic E-state index is -4.72. The van der Waals surface area contributed by atoms with Gasteiger partial charge in [-0.05, 0) is 67.8 Å². The number of nitrogens with one attached hydrogen (secondary N) is 1. The third-order valence-corrected chi connectivity index (χ3v) is 7.23. The predicted octanol–water partition coefficient (Wildman–Crippen LogP) is 6.62. The number of urea groups is 1. The van der Waals surface area contributed by atoms with Crippen LogP contribution < -0.4 is 14.2 Å². The Balaban J connectivity index is 1.90. The summed E-state index contributed by atoms with van der Waals surface area (Å²) in [7, 11) is -3.32. The zero-order valence-corrected chi connectivity index (χ0v) is 22.2. The minimum absolute atomic E-state index is 0.0590. The molecular formula is C27H29F3N2O5S. The van der Waals surface area contributed by atoms with Crippen molar-refractivity contribution in [2.75, 3.05) is 12.4 Å². The Bertz CT molecular complexity index is 1390. The summed E-state index contributed by atoms with van der Waals surface area (Å²) in [4.78, 5) is 14.1. The molecule has 204 valence electrons. The van der Waals surface area contributed by atoms with Crippen LogP contribution in [0.5, 0.6) is 11.5 Å². The average molecular weight is 551 g/mol. The molecule has 3 rings (SSSR count). The second-order valence-corrected chi connectivity index (χ2v) is 10.2. The Morgan fingerprint density at radius 1 is 1.03 bits per heavy atom. The molecule has 0 heterocycles. The summed E-state index contributed by atoms with van der Waals surface area (Å²) in [5.41, 5.74) is 0.966. The largest absolute Gasteiger partial charge is 0.493 e. The van der Waals surface area contributed by atoms with Crippen molar-refractivity contribution in [2.24, 2.45) is 0 Å². The van der Waals surface area contributed by atoms with Gasteiger partial charge in [0.15, 0.2) is 11.5 Å². The first-order chi connectivity index (χ1) is 17.9. The Kier molecular flexibility index (Phi) is 8.93. The number of amides is 2. The number of hydrogen-bond donors (Lipinski definition) is 1. The summed E-state index contributed by atoms with van der Waals surface area (Å²) in [5.74, 6) is -0.158. The van der Waals surface area contributed by atoms with Crippen molar-refractivity contribution < 1.29 is 35.3 Å². The van der Waals surface area contributed by atoms with Gasteiger partial charge < -0.3 is 19.1 Å². The summed E-state index contributed by atoms with van der Waals surface area (Å²) < 4.78 is 75.5. The number of ether oxygens (including phenoxy) is 1. The highest BCUT2D eigenvalue weighted by Crippen LogP contribution is 2.34. The Morgan fingerprint density at radius 3 is 2.37 bits per heavy atom. The SMILES string of the molecule is CCC(C)N(Cc1ccc(OC)c(OS(=O)(=O)c2cccc(C(F)(F)F)c2)c1)C(=O)Nc1ccccc1C. The summed E-state index contributed by atoms with van der Waals surface area (Å²) in [6, 6.07) is 14.6. The first kappa shape index (κ1) is 28.8. The predicted molar refractivity (Wildman–Crippen MR) is 138 cm³/mol. The standard InChI is InChI=1S/C27H29F3N2O5S/c1-5-19(3)32(26(33)31-23-12-7-6-9-18(23)2)17-20-13-14-24(36-4)25(15-20)37-38(34,35)22-11-8-10-21(16-22)27(28,29)30/h6-16,19H,5,17H2,1-4H3,(H,31,33). The van der Waals surface area contributed by atoms with Gasteiger partial charge in [0.2, 0.25) is 0 Å². The first-order valence-electron chi connectivity index (χ1n) is 11.8. The van der Waals surface area contributed by atoms with E-state index in [1.807, 2.05) is 39.0 Å². The Morgan fingerprint density at radius 2 is 1.74 bits per heavy atom. The van der Waals surface area contributed by atoms with Crippen molar-refractivity contribution in [3.05, 3.63) is 83.4 Å². The molecule has 1 atom stereocenters. The lowest BCUT2D eigenvalue weighted by molar-refractivity contribution is -0.137. The van der Waals surface area contributed by atoms with Gasteiger partial charge in [0.05, 0.1) is 12.7 Å². The third kappa shape index (κ3) is 6.97. The van der Waals surface area contributed by atoms with Crippen molar-refractivity contribution in [1.29, 1.82) is 0 Å². The van der Waals surface area contributed by atoms with E-state index in [2.05, 4.69) is 5.32 Å². The molecule has 0 saturated heterocycles. The maximum Gasteiger partial charge on any atom is 0.416 e. The van der Waals surface area contributed by atoms with E-state index in [9.17, 15) is 26.4 Å². The molecule has 38 heavy (non-hydrogen) atoms. The fourth-order valence-corrected chi connectivity index (χ4v) is 4.60. The Hall–Kier alpha value is -3.73. The van der Waals surface area contributed by atoms with E-state index in [1.165, 1.54) is 19.2 Å². The maximum absolute atomic E-state index is 13.2. The molecule has 0 radical (unpaired) electrons. The van der Waals surface area contributed by atoms with Crippen molar-refractivity contribution in [1.82, 2.24) is 4.90 Å². The molecule has 0 fully saturated rings. The highest BCUT2D eigenvalue weighted by molar-refractivity contribution is 7.87. The van der Waals surface area contributed by atoms with Gasteiger partial charge in [-0.3, -0.25) is 0 Å². The fourth-order valence-electron chi connectivity index (χ4n) is 3.62. The van der Waals surface area contributed by atoms with Crippen LogP contribution in [0.2, 0.25) is 0 Å². The van der Waals surface area contributed by atoms with Gasteiger partial charge in [-0.2, -0.15) is 21.6 Å². The maximum atomic E-state index is 13.2. The van der Waals surface area contributed by atoms with E-state index in [0.29, 0.717) is 23.7 Å². The second kappa shape index (κ2) is 11.8. The van der Waals surface area contributed by atoms with E-state index >= 15 is 0 Å². The van der Waals surface area contributed by atoms with Gasteiger partial charge in [0.25, 0.3) is 0 Å². The summed E-state index contributed by atoms with van der Waals surface area (Å²) in [6.45, 7) is 5.80. The van der Waals surface area contributed by atoms with E-state index in [1.54, 1.807) is 17.0 Å². The molecule has 3 aromatic carbocycles. The molecule has 0 aliphatic carbocycles. The van der Waals surface area contributed by atoms with Crippen LogP contribution in [0.1, 0.15) is 37.0 Å². The van der Waals surface area contributed by atoms with Gasteiger partial charge in [0, 0.05) is 18.3 Å². The van der Waals surface area contributed by atoms with Gasteiger partial charge in [-0.25, -0.2) is 4.79 Å². The summed E-state index contributed by atoms with van der Waals surface area (Å²) >= 11 is 0. The third-order valence-electron chi connectivity index (χ3n) is 6.00. The monoisotopic (exact) mass is 550 g/mol. The van der Waals surface area contributed by atoms with Crippen molar-refractivity contribution in [3.8, 4) is 11.5 Å². The van der Waals surface area contributed by atoms with Gasteiger partial charge in [0.1, 0.15) is 4.90 Å². The number of methoxy groups -OCH3 is 1. The zero-order valence-electron chi connectivity index (χ0n) is 21.4. The molecule has 3 aromatic rings. The molecule has 0 aromatic heterocycles. The number of halogens is 3. The smallest absolute Gasteiger partial charge is 0.416 e. The topological polar surface area (TPSA) is 84.9 Å². The fraction of sp³-hybridized carbons (Fsp3) is 0.296. The highest BCUT2D eigenvalue weighted by Gasteiger charge is 2.32. The molecule has 0 bridgehead atoms. The number of carbonyl (C=O) groups is 1. The van der Waals surface area contributed by atoms with Crippen LogP contribution in [-0.4, -0.2) is 32.5 Å². The van der Waals surface area contributed by atoms with E-state index in [0.717, 1.165) is 23.8 Å². The highest BCUT2D eigenvalue weighted by atomic mass is 32.2. The zero-order chi connectivity index (χ0) is 28.1. The van der Waals surface area contributed by atoms with Gasteiger partial charge >= 0.3 is 22.3 Å². The molecule has 0 saturated carbocycles. The number of carbonyl (C=O) groups excluding carboxylic acids is 1. The quantitative estimate of drug-likeness (QED) is 0.303. The first-order valence-corrected chi connectivity index (χ1v) is 13.2. The molecule has 7 nitrogen and oxygen atoms in total. The van der Waals surface area contributed by atoms with E-state index < -0.39 is 26.8 Å². The van der Waals surface area contributed by atoms with Crippen LogP contribution in [0.25, 0.3) is 0 Å². The molecular weight excluding hydrogens is 521 g/mol. The minimum Gasteiger partial charge on any atom is -0.493 e. The van der Waals surface area contributed by atoms with Crippen LogP contribution in [0.15, 0.2) is 71.6 Å². The van der Waals surface area contributed by atoms with Crippen molar-refractivity contribution in [3.63, 3.8) is 0 Å². The van der Waals surface area contributed by atoms with Crippen LogP contribution >= 0.6 is 0 Å². The number of para-hydroxylation sites is 1. The average Bonchev–Trinajstić information content (AvgIpc) is 2.87. The van der Waals surface area contributed by atoms with Crippen LogP contribution in [0, 0.1) is 6.92 Å². The lowest BCUT2D eigenvalue weighted by Crippen LogP contribution is -2.40. The van der Waals surface area contributed by atoms with E-state index in [4.69, 9.17) is 8.92 Å². The van der Waals surface area contributed by atoms with Crippen LogP contribution in [0.4, 0.5) is 23.7 Å². The molecule has 2 amide bonds. The van der Waals surface area contributed by atoms with Gasteiger partial charge in [-0.1, -0.05) is 37.3 Å². The number of benzene rings is 3. The Labute approximate surface area is 220 Å². The van der Waals surface area contributed by atoms with Crippen LogP contribution in [0.3, 0.4) is 0 Å². The molecule has 11 heteroatoms. The molecule has 0 spiro atoms. The number of aryl methyl sites for hydroxylation is 1. The lowest BCUT2D eigenvalue weighted by atomic mass is 10.1. The van der Waals surface area contributed by atoms with Crippen LogP contribution in [-0.2, 0) is 22.8 Å². The number of rotatable bonds is 9. The summed E-state index contributed by atoms with van der Waals surface area (Å²) in [5, 5.41) is 2.90. The second-order valence-electron chi connectivity index (χ2n) is 8.68. The van der Waals surface area contributed by atoms with Crippen molar-refractivity contribution >= 4 is 21.8 Å². The van der Waals surface area contributed by atoms with Crippen molar-refractivity contribution in [2.45, 2.75) is 50.9 Å². The molecule has 0 aliphatic rings. The molecule has 1 unspecified atom stereocenters. The molecule has 0 aliphatic heterocycles. The lowest BCUT2D eigenvalue weighted by Gasteiger charge is -2.29. The van der Waals surface area contributed by atoms with E-state index in [-0.39, 0.29) is 30.1 Å². The number of anilines is 1. The normalized spacial score (nSPS) is 12.5.